The third kappa shape index (κ3) is 6.30. The lowest BCUT2D eigenvalue weighted by molar-refractivity contribution is -0.133. The first kappa shape index (κ1) is 26.5. The number of hydrogen-bond donors (Lipinski definition) is 0. The van der Waals surface area contributed by atoms with E-state index in [0.29, 0.717) is 37.0 Å². The summed E-state index contributed by atoms with van der Waals surface area (Å²) in [5.74, 6) is 1.76. The van der Waals surface area contributed by atoms with Crippen LogP contribution in [0.3, 0.4) is 0 Å². The maximum Gasteiger partial charge on any atom is 0.410 e. The lowest BCUT2D eigenvalue weighted by atomic mass is 10.1. The molecule has 1 fully saturated rings. The van der Waals surface area contributed by atoms with E-state index in [1.54, 1.807) is 23.3 Å². The van der Waals surface area contributed by atoms with Crippen molar-refractivity contribution in [3.8, 4) is 17.4 Å². The maximum absolute atomic E-state index is 13.7. The standard InChI is InChI=1S/C28H34N6O5/c1-19-14-21(31-26(30-19)33-13-10-29-17-33)22-6-5-11-34(22)25(35)16-32(27(36)39-28(2,3)4)12-9-20-7-8-23-24(15-20)38-18-37-23/h7-8,10,13-15,17,22H,5-6,9,11-12,16,18H2,1-4H3. The Hall–Kier alpha value is -4.15. The van der Waals surface area contributed by atoms with Gasteiger partial charge in [0.25, 0.3) is 0 Å². The van der Waals surface area contributed by atoms with Gasteiger partial charge in [-0.15, -0.1) is 0 Å². The molecule has 0 spiro atoms. The van der Waals surface area contributed by atoms with Crippen LogP contribution in [0.5, 0.6) is 11.5 Å². The Kier molecular flexibility index (Phi) is 7.40. The monoisotopic (exact) mass is 534 g/mol. The van der Waals surface area contributed by atoms with E-state index in [1.807, 2.05) is 56.9 Å². The molecule has 11 heteroatoms. The molecule has 0 aliphatic carbocycles. The Morgan fingerprint density at radius 2 is 1.97 bits per heavy atom. The zero-order valence-electron chi connectivity index (χ0n) is 22.8. The average molecular weight is 535 g/mol. The molecular weight excluding hydrogens is 500 g/mol. The number of rotatable bonds is 7. The fraction of sp³-hybridized carbons (Fsp3) is 0.464. The molecule has 0 N–H and O–H groups in total. The van der Waals surface area contributed by atoms with Crippen molar-refractivity contribution in [3.63, 3.8) is 0 Å². The third-order valence-electron chi connectivity index (χ3n) is 6.60. The molecule has 2 aliphatic heterocycles. The zero-order valence-corrected chi connectivity index (χ0v) is 22.8. The van der Waals surface area contributed by atoms with Gasteiger partial charge < -0.3 is 19.1 Å². The van der Waals surface area contributed by atoms with Crippen LogP contribution >= 0.6 is 0 Å². The molecule has 1 unspecified atom stereocenters. The largest absolute Gasteiger partial charge is 0.454 e. The number of fused-ring (bicyclic) bond motifs is 1. The molecule has 4 heterocycles. The first-order valence-corrected chi connectivity index (χ1v) is 13.2. The van der Waals surface area contributed by atoms with Gasteiger partial charge in [-0.25, -0.2) is 19.7 Å². The number of nitrogens with zero attached hydrogens (tertiary/aromatic N) is 6. The maximum atomic E-state index is 13.7. The Bertz CT molecular complexity index is 1340. The number of ether oxygens (including phenoxy) is 3. The molecule has 11 nitrogen and oxygen atoms in total. The third-order valence-corrected chi connectivity index (χ3v) is 6.60. The first-order chi connectivity index (χ1) is 18.7. The summed E-state index contributed by atoms with van der Waals surface area (Å²) in [5.41, 5.74) is 1.88. The first-order valence-electron chi connectivity index (χ1n) is 13.2. The van der Waals surface area contributed by atoms with Crippen LogP contribution < -0.4 is 9.47 Å². The quantitative estimate of drug-likeness (QED) is 0.450. The van der Waals surface area contributed by atoms with Crippen LogP contribution in [0.15, 0.2) is 43.0 Å². The number of benzene rings is 1. The molecule has 0 saturated carbocycles. The van der Waals surface area contributed by atoms with Crippen LogP contribution in [0.4, 0.5) is 4.79 Å². The predicted octanol–water partition coefficient (Wildman–Crippen LogP) is 3.84. The fourth-order valence-corrected chi connectivity index (χ4v) is 4.79. The molecule has 0 bridgehead atoms. The number of aryl methyl sites for hydroxylation is 1. The highest BCUT2D eigenvalue weighted by molar-refractivity contribution is 5.83. The van der Waals surface area contributed by atoms with Crippen LogP contribution in [0, 0.1) is 6.92 Å². The summed E-state index contributed by atoms with van der Waals surface area (Å²) in [4.78, 5) is 43.5. The number of imidazole rings is 1. The molecular formula is C28H34N6O5. The molecule has 2 amide bonds. The topological polar surface area (TPSA) is 112 Å². The lowest BCUT2D eigenvalue weighted by Gasteiger charge is -2.30. The van der Waals surface area contributed by atoms with Crippen molar-refractivity contribution in [1.29, 1.82) is 0 Å². The second kappa shape index (κ2) is 10.9. The summed E-state index contributed by atoms with van der Waals surface area (Å²) in [6.07, 6.45) is 6.76. The smallest absolute Gasteiger partial charge is 0.410 e. The van der Waals surface area contributed by atoms with E-state index >= 15 is 0 Å². The van der Waals surface area contributed by atoms with E-state index in [4.69, 9.17) is 19.2 Å². The highest BCUT2D eigenvalue weighted by atomic mass is 16.7. The van der Waals surface area contributed by atoms with E-state index in [9.17, 15) is 9.59 Å². The molecule has 1 atom stereocenters. The number of carbonyl (C=O) groups excluding carboxylic acids is 2. The van der Waals surface area contributed by atoms with Crippen molar-refractivity contribution >= 4 is 12.0 Å². The summed E-state index contributed by atoms with van der Waals surface area (Å²) in [6, 6.07) is 7.42. The molecule has 2 aliphatic rings. The molecule has 2 aromatic heterocycles. The van der Waals surface area contributed by atoms with Crippen molar-refractivity contribution < 1.29 is 23.8 Å². The van der Waals surface area contributed by atoms with Crippen molar-refractivity contribution in [2.24, 2.45) is 0 Å². The van der Waals surface area contributed by atoms with Crippen molar-refractivity contribution in [2.75, 3.05) is 26.4 Å². The average Bonchev–Trinajstić information content (AvgIpc) is 3.66. The van der Waals surface area contributed by atoms with E-state index in [-0.39, 0.29) is 25.3 Å². The molecule has 5 rings (SSSR count). The minimum atomic E-state index is -0.685. The van der Waals surface area contributed by atoms with Gasteiger partial charge in [-0.3, -0.25) is 14.3 Å². The van der Waals surface area contributed by atoms with Crippen LogP contribution in [0.1, 0.15) is 56.6 Å². The zero-order chi connectivity index (χ0) is 27.6. The molecule has 1 saturated heterocycles. The number of amides is 2. The summed E-state index contributed by atoms with van der Waals surface area (Å²) < 4.78 is 18.3. The Labute approximate surface area is 227 Å². The highest BCUT2D eigenvalue weighted by Crippen LogP contribution is 2.33. The summed E-state index contributed by atoms with van der Waals surface area (Å²) in [5, 5.41) is 0. The number of hydrogen-bond acceptors (Lipinski definition) is 8. The second-order valence-electron chi connectivity index (χ2n) is 10.8. The van der Waals surface area contributed by atoms with Gasteiger partial charge >= 0.3 is 6.09 Å². The SMILES string of the molecule is Cc1cc(C2CCCN2C(=O)CN(CCc2ccc3c(c2)OCO3)C(=O)OC(C)(C)C)nc(-n2ccnc2)n1. The van der Waals surface area contributed by atoms with Crippen LogP contribution in [0.2, 0.25) is 0 Å². The van der Waals surface area contributed by atoms with Crippen LogP contribution in [-0.2, 0) is 16.0 Å². The van der Waals surface area contributed by atoms with Gasteiger partial charge in [-0.05, 0) is 70.7 Å². The lowest BCUT2D eigenvalue weighted by Crippen LogP contribution is -2.45. The Balaban J connectivity index is 1.32. The number of carbonyl (C=O) groups is 2. The van der Waals surface area contributed by atoms with Gasteiger partial charge in [0.1, 0.15) is 18.5 Å². The highest BCUT2D eigenvalue weighted by Gasteiger charge is 2.34. The molecule has 0 radical (unpaired) electrons. The van der Waals surface area contributed by atoms with E-state index < -0.39 is 11.7 Å². The summed E-state index contributed by atoms with van der Waals surface area (Å²) in [6.45, 7) is 8.37. The molecule has 206 valence electrons. The Morgan fingerprint density at radius 3 is 2.74 bits per heavy atom. The molecule has 3 aromatic rings. The van der Waals surface area contributed by atoms with Gasteiger partial charge in [-0.2, -0.15) is 0 Å². The van der Waals surface area contributed by atoms with Crippen molar-refractivity contribution in [2.45, 2.75) is 58.6 Å². The van der Waals surface area contributed by atoms with E-state index in [0.717, 1.165) is 29.8 Å². The fourth-order valence-electron chi connectivity index (χ4n) is 4.79. The summed E-state index contributed by atoms with van der Waals surface area (Å²) in [7, 11) is 0. The number of likely N-dealkylation sites (tertiary alicyclic amines) is 1. The minimum Gasteiger partial charge on any atom is -0.454 e. The van der Waals surface area contributed by atoms with E-state index in [1.165, 1.54) is 4.90 Å². The second-order valence-corrected chi connectivity index (χ2v) is 10.8. The van der Waals surface area contributed by atoms with Gasteiger partial charge in [0.2, 0.25) is 18.6 Å². The van der Waals surface area contributed by atoms with Crippen molar-refractivity contribution in [1.82, 2.24) is 29.3 Å². The predicted molar refractivity (Wildman–Crippen MR) is 142 cm³/mol. The van der Waals surface area contributed by atoms with Gasteiger partial charge in [0, 0.05) is 31.2 Å². The van der Waals surface area contributed by atoms with Gasteiger partial charge in [-0.1, -0.05) is 6.07 Å². The van der Waals surface area contributed by atoms with Crippen LogP contribution in [0.25, 0.3) is 5.95 Å². The Morgan fingerprint density at radius 1 is 1.15 bits per heavy atom. The van der Waals surface area contributed by atoms with E-state index in [2.05, 4.69) is 9.97 Å². The van der Waals surface area contributed by atoms with Gasteiger partial charge in [0.15, 0.2) is 11.5 Å². The van der Waals surface area contributed by atoms with Crippen molar-refractivity contribution in [3.05, 3.63) is 59.9 Å². The number of aromatic nitrogens is 4. The minimum absolute atomic E-state index is 0.0889. The molecule has 1 aromatic carbocycles. The van der Waals surface area contributed by atoms with Crippen LogP contribution in [-0.4, -0.2) is 73.3 Å². The molecule has 39 heavy (non-hydrogen) atoms. The normalized spacial score (nSPS) is 16.4. The van der Waals surface area contributed by atoms with Gasteiger partial charge in [0.05, 0.1) is 11.7 Å². The summed E-state index contributed by atoms with van der Waals surface area (Å²) >= 11 is 0.